The molecule has 2 aromatic rings. The molecule has 0 bridgehead atoms. The zero-order valence-corrected chi connectivity index (χ0v) is 6.48. The summed E-state index contributed by atoms with van der Waals surface area (Å²) in [7, 11) is 0. The molecule has 0 unspecified atom stereocenters. The van der Waals surface area contributed by atoms with Crippen LogP contribution in [0.3, 0.4) is 0 Å². The Morgan fingerprint density at radius 3 is 3.20 bits per heavy atom. The van der Waals surface area contributed by atoms with Gasteiger partial charge in [-0.2, -0.15) is 10.1 Å². The van der Waals surface area contributed by atoms with Crippen LogP contribution in [0.4, 0.5) is 0 Å². The van der Waals surface area contributed by atoms with E-state index in [-0.39, 0.29) is 0 Å². The van der Waals surface area contributed by atoms with Crippen LogP contribution in [0.15, 0.2) is 23.2 Å². The van der Waals surface area contributed by atoms with Crippen LogP contribution >= 0.6 is 15.9 Å². The predicted octanol–water partition coefficient (Wildman–Crippen LogP) is 0.887. The maximum Gasteiger partial charge on any atom is 0.252 e. The molecule has 2 heterocycles. The summed E-state index contributed by atoms with van der Waals surface area (Å²) in [6.45, 7) is 0. The van der Waals surface area contributed by atoms with E-state index in [1.807, 2.05) is 0 Å². The second-order valence-corrected chi connectivity index (χ2v) is 2.69. The summed E-state index contributed by atoms with van der Waals surface area (Å²) in [5.74, 6) is 0.614. The highest BCUT2D eigenvalue weighted by molar-refractivity contribution is 9.10. The number of aromatic nitrogens is 4. The van der Waals surface area contributed by atoms with Crippen LogP contribution in [0.1, 0.15) is 0 Å². The second-order valence-electron chi connectivity index (χ2n) is 1.78. The molecule has 50 valence electrons. The number of halogens is 1. The van der Waals surface area contributed by atoms with Gasteiger partial charge in [-0.25, -0.2) is 9.50 Å². The minimum Gasteiger partial charge on any atom is -0.218 e. The molecule has 0 amide bonds. The van der Waals surface area contributed by atoms with Crippen molar-refractivity contribution >= 4 is 21.7 Å². The van der Waals surface area contributed by atoms with Gasteiger partial charge in [0.15, 0.2) is 0 Å². The Morgan fingerprint density at radius 2 is 2.30 bits per heavy atom. The van der Waals surface area contributed by atoms with Gasteiger partial charge in [-0.1, -0.05) is 0 Å². The summed E-state index contributed by atoms with van der Waals surface area (Å²) >= 11 is 3.27. The smallest absolute Gasteiger partial charge is 0.218 e. The summed E-state index contributed by atoms with van der Waals surface area (Å²) in [4.78, 5) is 7.86. The van der Waals surface area contributed by atoms with Gasteiger partial charge in [-0.15, -0.1) is 0 Å². The van der Waals surface area contributed by atoms with Gasteiger partial charge in [0, 0.05) is 12.4 Å². The van der Waals surface area contributed by atoms with E-state index < -0.39 is 0 Å². The molecule has 10 heavy (non-hydrogen) atoms. The zero-order chi connectivity index (χ0) is 6.97. The molecule has 0 saturated heterocycles. The number of nitrogens with zero attached hydrogens (tertiary/aromatic N) is 4. The first-order valence-electron chi connectivity index (χ1n) is 2.67. The summed E-state index contributed by atoms with van der Waals surface area (Å²) < 4.78 is 2.50. The number of hydrogen-bond donors (Lipinski definition) is 0. The lowest BCUT2D eigenvalue weighted by molar-refractivity contribution is 0.933. The van der Waals surface area contributed by atoms with E-state index in [2.05, 4.69) is 31.0 Å². The Bertz CT molecular complexity index is 355. The lowest BCUT2D eigenvalue weighted by Crippen LogP contribution is -1.88. The highest BCUT2D eigenvalue weighted by Crippen LogP contribution is 2.05. The van der Waals surface area contributed by atoms with E-state index >= 15 is 0 Å². The lowest BCUT2D eigenvalue weighted by atomic mass is 10.7. The summed E-state index contributed by atoms with van der Waals surface area (Å²) in [5.41, 5.74) is 0. The van der Waals surface area contributed by atoms with Gasteiger partial charge in [-0.05, 0) is 15.9 Å². The summed E-state index contributed by atoms with van der Waals surface area (Å²) in [5, 5.41) is 3.89. The normalized spacial score (nSPS) is 10.5. The molecular weight excluding hydrogens is 196 g/mol. The molecule has 2 rings (SSSR count). The molecule has 0 atom stereocenters. The van der Waals surface area contributed by atoms with Crippen molar-refractivity contribution in [2.45, 2.75) is 0 Å². The van der Waals surface area contributed by atoms with E-state index in [0.717, 1.165) is 4.47 Å². The van der Waals surface area contributed by atoms with Crippen LogP contribution in [0.25, 0.3) is 5.78 Å². The second kappa shape index (κ2) is 2.02. The fraction of sp³-hybridized carbons (Fsp3) is 0. The molecule has 0 N–H and O–H groups in total. The van der Waals surface area contributed by atoms with E-state index in [1.54, 1.807) is 16.9 Å². The van der Waals surface area contributed by atoms with Gasteiger partial charge in [0.25, 0.3) is 5.78 Å². The quantitative estimate of drug-likeness (QED) is 0.632. The van der Waals surface area contributed by atoms with Crippen LogP contribution < -0.4 is 0 Å². The Labute approximate surface area is 65.0 Å². The summed E-state index contributed by atoms with van der Waals surface area (Å²) in [6, 6.07) is 0. The van der Waals surface area contributed by atoms with E-state index in [4.69, 9.17) is 0 Å². The minimum atomic E-state index is 0.614. The van der Waals surface area contributed by atoms with Crippen molar-refractivity contribution in [3.05, 3.63) is 23.2 Å². The average molecular weight is 199 g/mol. The van der Waals surface area contributed by atoms with Gasteiger partial charge in [0.1, 0.15) is 6.33 Å². The molecule has 2 aromatic heterocycles. The maximum atomic E-state index is 3.98. The van der Waals surface area contributed by atoms with Crippen molar-refractivity contribution in [1.29, 1.82) is 0 Å². The average Bonchev–Trinajstić information content (AvgIpc) is 2.33. The van der Waals surface area contributed by atoms with Crippen molar-refractivity contribution < 1.29 is 0 Å². The van der Waals surface area contributed by atoms with Crippen molar-refractivity contribution in [3.8, 4) is 0 Å². The molecule has 0 aliphatic carbocycles. The molecule has 4 nitrogen and oxygen atoms in total. The first-order chi connectivity index (χ1) is 4.86. The molecule has 5 heteroatoms. The highest BCUT2D eigenvalue weighted by atomic mass is 79.9. The predicted molar refractivity (Wildman–Crippen MR) is 38.5 cm³/mol. The van der Waals surface area contributed by atoms with Crippen LogP contribution in [0.5, 0.6) is 0 Å². The van der Waals surface area contributed by atoms with E-state index in [1.165, 1.54) is 6.33 Å². The SMILES string of the molecule is Brc1cnc2ncnn2c1. The molecule has 0 radical (unpaired) electrons. The molecule has 0 aliphatic heterocycles. The first-order valence-corrected chi connectivity index (χ1v) is 3.46. The van der Waals surface area contributed by atoms with E-state index in [0.29, 0.717) is 5.78 Å². The van der Waals surface area contributed by atoms with Crippen molar-refractivity contribution in [2.75, 3.05) is 0 Å². The Kier molecular flexibility index (Phi) is 1.17. The third kappa shape index (κ3) is 0.786. The third-order valence-electron chi connectivity index (χ3n) is 1.10. The maximum absolute atomic E-state index is 3.98. The Balaban J connectivity index is 2.86. The van der Waals surface area contributed by atoms with Gasteiger partial charge in [0.2, 0.25) is 0 Å². The van der Waals surface area contributed by atoms with Crippen LogP contribution in [0, 0.1) is 0 Å². The number of rotatable bonds is 0. The molecule has 0 aromatic carbocycles. The number of fused-ring (bicyclic) bond motifs is 1. The first kappa shape index (κ1) is 5.79. The fourth-order valence-corrected chi connectivity index (χ4v) is 0.993. The third-order valence-corrected chi connectivity index (χ3v) is 1.51. The highest BCUT2D eigenvalue weighted by Gasteiger charge is 1.94. The van der Waals surface area contributed by atoms with Gasteiger partial charge in [0.05, 0.1) is 4.47 Å². The van der Waals surface area contributed by atoms with Crippen molar-refractivity contribution in [1.82, 2.24) is 19.6 Å². The monoisotopic (exact) mass is 198 g/mol. The van der Waals surface area contributed by atoms with Gasteiger partial charge in [-0.3, -0.25) is 0 Å². The molecule has 0 spiro atoms. The van der Waals surface area contributed by atoms with Crippen LogP contribution in [-0.2, 0) is 0 Å². The van der Waals surface area contributed by atoms with Gasteiger partial charge < -0.3 is 0 Å². The molecular formula is C5H3BrN4. The molecule has 0 aliphatic rings. The minimum absolute atomic E-state index is 0.614. The van der Waals surface area contributed by atoms with Crippen LogP contribution in [0.2, 0.25) is 0 Å². The lowest BCUT2D eigenvalue weighted by Gasteiger charge is -1.88. The molecule has 0 fully saturated rings. The molecule has 0 saturated carbocycles. The van der Waals surface area contributed by atoms with Crippen molar-refractivity contribution in [2.24, 2.45) is 0 Å². The fourth-order valence-electron chi connectivity index (χ4n) is 0.697. The topological polar surface area (TPSA) is 43.1 Å². The number of hydrogen-bond acceptors (Lipinski definition) is 3. The largest absolute Gasteiger partial charge is 0.252 e. The van der Waals surface area contributed by atoms with Crippen LogP contribution in [-0.4, -0.2) is 19.6 Å². The van der Waals surface area contributed by atoms with Crippen molar-refractivity contribution in [3.63, 3.8) is 0 Å². The standard InChI is InChI=1S/C5H3BrN4/c6-4-1-7-5-8-3-9-10(5)2-4/h1-3H. The van der Waals surface area contributed by atoms with Gasteiger partial charge >= 0.3 is 0 Å². The summed E-state index contributed by atoms with van der Waals surface area (Å²) in [6.07, 6.45) is 4.95. The zero-order valence-electron chi connectivity index (χ0n) is 4.90. The van der Waals surface area contributed by atoms with E-state index in [9.17, 15) is 0 Å². The Hall–Kier alpha value is -0.970. The Morgan fingerprint density at radius 1 is 1.40 bits per heavy atom.